The fourth-order valence-corrected chi connectivity index (χ4v) is 3.71. The Bertz CT molecular complexity index is 611. The fourth-order valence-electron chi connectivity index (χ4n) is 2.15. The normalized spacial score (nSPS) is 22.2. The standard InChI is InChI=1S/C12H15NO5S/c1-8-7-19(17,18)5-4-13(8)12(16)10-6-9(14)2-3-11(10)15/h2-3,6,8,14-15H,4-5,7H2,1H3. The SMILES string of the molecule is CC1CS(=O)(=O)CCN1C(=O)c1cc(O)ccc1O. The van der Waals surface area contributed by atoms with E-state index in [0.29, 0.717) is 0 Å². The summed E-state index contributed by atoms with van der Waals surface area (Å²) < 4.78 is 22.9. The van der Waals surface area contributed by atoms with Gasteiger partial charge in [-0.05, 0) is 25.1 Å². The van der Waals surface area contributed by atoms with E-state index < -0.39 is 21.8 Å². The second kappa shape index (κ2) is 4.73. The van der Waals surface area contributed by atoms with E-state index in [1.54, 1.807) is 6.92 Å². The molecule has 0 spiro atoms. The van der Waals surface area contributed by atoms with Gasteiger partial charge in [-0.1, -0.05) is 0 Å². The zero-order valence-electron chi connectivity index (χ0n) is 10.4. The molecule has 1 aromatic carbocycles. The third-order valence-corrected chi connectivity index (χ3v) is 4.94. The summed E-state index contributed by atoms with van der Waals surface area (Å²) >= 11 is 0. The monoisotopic (exact) mass is 285 g/mol. The Balaban J connectivity index is 2.27. The summed E-state index contributed by atoms with van der Waals surface area (Å²) in [7, 11) is -3.10. The second-order valence-corrected chi connectivity index (χ2v) is 6.89. The van der Waals surface area contributed by atoms with Gasteiger partial charge >= 0.3 is 0 Å². The molecule has 1 heterocycles. The predicted octanol–water partition coefficient (Wildman–Crippen LogP) is 0.357. The van der Waals surface area contributed by atoms with Crippen LogP contribution in [0.4, 0.5) is 0 Å². The number of nitrogens with zero attached hydrogens (tertiary/aromatic N) is 1. The number of phenols is 2. The molecule has 0 aliphatic carbocycles. The predicted molar refractivity (Wildman–Crippen MR) is 68.9 cm³/mol. The van der Waals surface area contributed by atoms with Crippen LogP contribution in [-0.2, 0) is 9.84 Å². The van der Waals surface area contributed by atoms with Crippen LogP contribution in [0.5, 0.6) is 11.5 Å². The van der Waals surface area contributed by atoms with Crippen LogP contribution < -0.4 is 0 Å². The number of phenolic OH excluding ortho intramolecular Hbond substituents is 2. The Morgan fingerprint density at radius 1 is 1.37 bits per heavy atom. The largest absolute Gasteiger partial charge is 0.508 e. The van der Waals surface area contributed by atoms with Crippen LogP contribution in [0.15, 0.2) is 18.2 Å². The average Bonchev–Trinajstić information content (AvgIpc) is 2.30. The molecule has 1 unspecified atom stereocenters. The first kappa shape index (κ1) is 13.7. The third-order valence-electron chi connectivity index (χ3n) is 3.14. The molecule has 0 saturated carbocycles. The fraction of sp³-hybridized carbons (Fsp3) is 0.417. The van der Waals surface area contributed by atoms with Crippen LogP contribution in [-0.4, -0.2) is 53.5 Å². The number of benzene rings is 1. The van der Waals surface area contributed by atoms with Gasteiger partial charge in [-0.15, -0.1) is 0 Å². The van der Waals surface area contributed by atoms with Crippen molar-refractivity contribution in [3.05, 3.63) is 23.8 Å². The highest BCUT2D eigenvalue weighted by Gasteiger charge is 2.32. The molecule has 0 bridgehead atoms. The summed E-state index contributed by atoms with van der Waals surface area (Å²) in [4.78, 5) is 13.7. The molecule has 2 rings (SSSR count). The molecule has 19 heavy (non-hydrogen) atoms. The van der Waals surface area contributed by atoms with Crippen molar-refractivity contribution < 1.29 is 23.4 Å². The summed E-state index contributed by atoms with van der Waals surface area (Å²) in [6, 6.07) is 3.23. The molecule has 1 aliphatic heterocycles. The van der Waals surface area contributed by atoms with Crippen LogP contribution in [0.25, 0.3) is 0 Å². The Morgan fingerprint density at radius 2 is 2.05 bits per heavy atom. The number of hydrogen-bond donors (Lipinski definition) is 2. The highest BCUT2D eigenvalue weighted by Crippen LogP contribution is 2.25. The minimum absolute atomic E-state index is 0.0221. The van der Waals surface area contributed by atoms with Gasteiger partial charge in [-0.25, -0.2) is 8.42 Å². The van der Waals surface area contributed by atoms with Crippen LogP contribution in [0.3, 0.4) is 0 Å². The first-order valence-electron chi connectivity index (χ1n) is 5.83. The van der Waals surface area contributed by atoms with Crippen molar-refractivity contribution in [1.82, 2.24) is 4.90 Å². The van der Waals surface area contributed by atoms with Gasteiger partial charge in [-0.3, -0.25) is 4.79 Å². The van der Waals surface area contributed by atoms with Gasteiger partial charge in [0, 0.05) is 12.6 Å². The quantitative estimate of drug-likeness (QED) is 0.726. The topological polar surface area (TPSA) is 94.9 Å². The van der Waals surface area contributed by atoms with Crippen molar-refractivity contribution in [2.45, 2.75) is 13.0 Å². The lowest BCUT2D eigenvalue weighted by Crippen LogP contribution is -2.49. The first-order chi connectivity index (χ1) is 8.80. The summed E-state index contributed by atoms with van der Waals surface area (Å²) in [6.45, 7) is 1.74. The van der Waals surface area contributed by atoms with Gasteiger partial charge in [-0.2, -0.15) is 0 Å². The number of carbonyl (C=O) groups excluding carboxylic acids is 1. The van der Waals surface area contributed by atoms with Crippen molar-refractivity contribution in [2.75, 3.05) is 18.1 Å². The number of amides is 1. The number of rotatable bonds is 1. The highest BCUT2D eigenvalue weighted by atomic mass is 32.2. The number of aromatic hydroxyl groups is 2. The van der Waals surface area contributed by atoms with E-state index in [-0.39, 0.29) is 35.1 Å². The van der Waals surface area contributed by atoms with E-state index in [4.69, 9.17) is 0 Å². The Kier molecular flexibility index (Phi) is 3.40. The molecule has 1 aliphatic rings. The van der Waals surface area contributed by atoms with Gasteiger partial charge in [0.15, 0.2) is 9.84 Å². The number of hydrogen-bond acceptors (Lipinski definition) is 5. The molecule has 7 heteroatoms. The molecule has 6 nitrogen and oxygen atoms in total. The maximum absolute atomic E-state index is 12.3. The molecule has 1 atom stereocenters. The summed E-state index contributed by atoms with van der Waals surface area (Å²) in [6.07, 6.45) is 0. The molecule has 0 aromatic heterocycles. The third kappa shape index (κ3) is 2.81. The van der Waals surface area contributed by atoms with E-state index in [1.165, 1.54) is 23.1 Å². The maximum Gasteiger partial charge on any atom is 0.258 e. The van der Waals surface area contributed by atoms with Gasteiger partial charge in [0.05, 0.1) is 17.1 Å². The van der Waals surface area contributed by atoms with E-state index in [2.05, 4.69) is 0 Å². The van der Waals surface area contributed by atoms with Crippen molar-refractivity contribution in [1.29, 1.82) is 0 Å². The smallest absolute Gasteiger partial charge is 0.258 e. The summed E-state index contributed by atoms with van der Waals surface area (Å²) in [5, 5.41) is 19.0. The minimum Gasteiger partial charge on any atom is -0.508 e. The highest BCUT2D eigenvalue weighted by molar-refractivity contribution is 7.91. The number of carbonyl (C=O) groups is 1. The molecule has 1 amide bonds. The van der Waals surface area contributed by atoms with E-state index in [1.807, 2.05) is 0 Å². The second-order valence-electron chi connectivity index (χ2n) is 4.66. The van der Waals surface area contributed by atoms with Crippen molar-refractivity contribution in [3.63, 3.8) is 0 Å². The van der Waals surface area contributed by atoms with Crippen molar-refractivity contribution >= 4 is 15.7 Å². The molecule has 0 radical (unpaired) electrons. The van der Waals surface area contributed by atoms with Crippen LogP contribution in [0.1, 0.15) is 17.3 Å². The molecule has 2 N–H and O–H groups in total. The summed E-state index contributed by atoms with van der Waals surface area (Å²) in [5.41, 5.74) is -0.0221. The van der Waals surface area contributed by atoms with Crippen LogP contribution >= 0.6 is 0 Å². The van der Waals surface area contributed by atoms with Crippen LogP contribution in [0.2, 0.25) is 0 Å². The molecule has 1 fully saturated rings. The lowest BCUT2D eigenvalue weighted by Gasteiger charge is -2.33. The molecule has 1 saturated heterocycles. The number of sulfone groups is 1. The van der Waals surface area contributed by atoms with E-state index in [0.717, 1.165) is 0 Å². The molecule has 1 aromatic rings. The Morgan fingerprint density at radius 3 is 2.68 bits per heavy atom. The average molecular weight is 285 g/mol. The lowest BCUT2D eigenvalue weighted by atomic mass is 10.1. The van der Waals surface area contributed by atoms with E-state index >= 15 is 0 Å². The lowest BCUT2D eigenvalue weighted by molar-refractivity contribution is 0.0709. The summed E-state index contributed by atoms with van der Waals surface area (Å²) in [5.74, 6) is -1.00. The van der Waals surface area contributed by atoms with Gasteiger partial charge in [0.25, 0.3) is 5.91 Å². The maximum atomic E-state index is 12.3. The van der Waals surface area contributed by atoms with Crippen molar-refractivity contribution in [2.24, 2.45) is 0 Å². The van der Waals surface area contributed by atoms with Gasteiger partial charge in [0.2, 0.25) is 0 Å². The molecule has 104 valence electrons. The van der Waals surface area contributed by atoms with Gasteiger partial charge in [0.1, 0.15) is 11.5 Å². The van der Waals surface area contributed by atoms with Gasteiger partial charge < -0.3 is 15.1 Å². The van der Waals surface area contributed by atoms with Crippen LogP contribution in [0, 0.1) is 0 Å². The Labute approximate surface area is 111 Å². The zero-order chi connectivity index (χ0) is 14.2. The van der Waals surface area contributed by atoms with E-state index in [9.17, 15) is 23.4 Å². The minimum atomic E-state index is -3.10. The first-order valence-corrected chi connectivity index (χ1v) is 7.66. The Hall–Kier alpha value is -1.76. The van der Waals surface area contributed by atoms with Crippen molar-refractivity contribution in [3.8, 4) is 11.5 Å². The molecular formula is C12H15NO5S. The zero-order valence-corrected chi connectivity index (χ0v) is 11.2. The molecular weight excluding hydrogens is 270 g/mol.